The van der Waals surface area contributed by atoms with Crippen LogP contribution in [0, 0.1) is 5.82 Å². The van der Waals surface area contributed by atoms with E-state index < -0.39 is 24.3 Å². The molecule has 3 rings (SSSR count). The quantitative estimate of drug-likeness (QED) is 0.637. The lowest BCUT2D eigenvalue weighted by atomic mass is 10.1. The molecule has 0 aliphatic rings. The highest BCUT2D eigenvalue weighted by Gasteiger charge is 2.22. The molecule has 0 unspecified atom stereocenters. The second-order valence-electron chi connectivity index (χ2n) is 5.67. The van der Waals surface area contributed by atoms with Gasteiger partial charge < -0.3 is 19.2 Å². The number of rotatable bonds is 7. The molecule has 7 heteroatoms. The van der Waals surface area contributed by atoms with Crippen LogP contribution in [0.25, 0.3) is 11.0 Å². The van der Waals surface area contributed by atoms with Gasteiger partial charge in [-0.05, 0) is 37.3 Å². The van der Waals surface area contributed by atoms with Gasteiger partial charge in [0, 0.05) is 23.2 Å². The van der Waals surface area contributed by atoms with Gasteiger partial charge in [-0.3, -0.25) is 4.79 Å². The molecule has 0 saturated carbocycles. The number of carbonyl (C=O) groups excluding carboxylic acids is 2. The number of esters is 1. The van der Waals surface area contributed by atoms with Crippen LogP contribution in [0.3, 0.4) is 0 Å². The van der Waals surface area contributed by atoms with Gasteiger partial charge in [0.2, 0.25) is 5.76 Å². The van der Waals surface area contributed by atoms with Gasteiger partial charge in [0.15, 0.2) is 6.61 Å². The number of halogens is 1. The molecule has 140 valence electrons. The van der Waals surface area contributed by atoms with E-state index in [0.717, 1.165) is 5.39 Å². The molecule has 1 aromatic heterocycles. The second-order valence-corrected chi connectivity index (χ2v) is 5.67. The van der Waals surface area contributed by atoms with Crippen molar-refractivity contribution in [3.05, 3.63) is 65.7 Å². The Bertz CT molecular complexity index is 949. The van der Waals surface area contributed by atoms with E-state index in [4.69, 9.17) is 13.9 Å². The summed E-state index contributed by atoms with van der Waals surface area (Å²) < 4.78 is 28.9. The van der Waals surface area contributed by atoms with Crippen molar-refractivity contribution in [3.8, 4) is 0 Å². The summed E-state index contributed by atoms with van der Waals surface area (Å²) in [7, 11) is 0. The third kappa shape index (κ3) is 4.51. The Balaban J connectivity index is 1.68. The summed E-state index contributed by atoms with van der Waals surface area (Å²) in [5.41, 5.74) is 1.52. The van der Waals surface area contributed by atoms with Gasteiger partial charge in [0.1, 0.15) is 11.4 Å². The number of anilines is 1. The van der Waals surface area contributed by atoms with E-state index in [1.165, 1.54) is 24.3 Å². The van der Waals surface area contributed by atoms with Crippen molar-refractivity contribution in [2.75, 3.05) is 18.5 Å². The average Bonchev–Trinajstić information content (AvgIpc) is 3.05. The van der Waals surface area contributed by atoms with Crippen LogP contribution in [0.2, 0.25) is 0 Å². The first-order valence-electron chi connectivity index (χ1n) is 8.39. The van der Waals surface area contributed by atoms with E-state index in [9.17, 15) is 14.0 Å². The zero-order chi connectivity index (χ0) is 19.2. The topological polar surface area (TPSA) is 77.8 Å². The molecular formula is C20H18FNO5. The van der Waals surface area contributed by atoms with Crippen LogP contribution in [0.4, 0.5) is 10.1 Å². The average molecular weight is 371 g/mol. The number of hydrogen-bond donors (Lipinski definition) is 1. The van der Waals surface area contributed by atoms with E-state index >= 15 is 0 Å². The summed E-state index contributed by atoms with van der Waals surface area (Å²) in [4.78, 5) is 24.3. The fraction of sp³-hybridized carbons (Fsp3) is 0.200. The van der Waals surface area contributed by atoms with E-state index in [-0.39, 0.29) is 12.4 Å². The highest BCUT2D eigenvalue weighted by molar-refractivity contribution is 5.98. The number of para-hydroxylation sites is 1. The first kappa shape index (κ1) is 18.6. The van der Waals surface area contributed by atoms with Crippen molar-refractivity contribution in [1.29, 1.82) is 0 Å². The van der Waals surface area contributed by atoms with Crippen molar-refractivity contribution in [2.45, 2.75) is 13.5 Å². The second kappa shape index (κ2) is 8.46. The van der Waals surface area contributed by atoms with E-state index in [1.54, 1.807) is 12.1 Å². The minimum absolute atomic E-state index is 0.0132. The molecule has 2 aromatic carbocycles. The maximum Gasteiger partial charge on any atom is 0.375 e. The molecule has 27 heavy (non-hydrogen) atoms. The van der Waals surface area contributed by atoms with E-state index in [2.05, 4.69) is 5.32 Å². The maximum absolute atomic E-state index is 12.9. The fourth-order valence-electron chi connectivity index (χ4n) is 2.54. The van der Waals surface area contributed by atoms with Crippen molar-refractivity contribution in [1.82, 2.24) is 0 Å². The zero-order valence-electron chi connectivity index (χ0n) is 14.7. The van der Waals surface area contributed by atoms with Gasteiger partial charge in [0.25, 0.3) is 5.91 Å². The Morgan fingerprint density at radius 2 is 1.85 bits per heavy atom. The van der Waals surface area contributed by atoms with Crippen LogP contribution in [0.1, 0.15) is 23.0 Å². The summed E-state index contributed by atoms with van der Waals surface area (Å²) in [5.74, 6) is -1.70. The molecular weight excluding hydrogens is 353 g/mol. The molecule has 1 N–H and O–H groups in total. The predicted molar refractivity (Wildman–Crippen MR) is 96.9 cm³/mol. The highest BCUT2D eigenvalue weighted by Crippen LogP contribution is 2.27. The third-order valence-electron chi connectivity index (χ3n) is 3.80. The number of hydrogen-bond acceptors (Lipinski definition) is 5. The number of ether oxygens (including phenoxy) is 2. The smallest absolute Gasteiger partial charge is 0.375 e. The van der Waals surface area contributed by atoms with Gasteiger partial charge in [0.05, 0.1) is 6.61 Å². The molecule has 1 amide bonds. The minimum atomic E-state index is -0.754. The Hall–Kier alpha value is -3.19. The van der Waals surface area contributed by atoms with Gasteiger partial charge in [-0.15, -0.1) is 0 Å². The van der Waals surface area contributed by atoms with Crippen LogP contribution in [-0.2, 0) is 20.9 Å². The summed E-state index contributed by atoms with van der Waals surface area (Å²) in [6, 6.07) is 12.4. The number of nitrogens with one attached hydrogen (secondary N) is 1. The Labute approximate surface area is 154 Å². The lowest BCUT2D eigenvalue weighted by molar-refractivity contribution is -0.119. The maximum atomic E-state index is 12.9. The number of benzene rings is 2. The zero-order valence-corrected chi connectivity index (χ0v) is 14.7. The van der Waals surface area contributed by atoms with Crippen LogP contribution >= 0.6 is 0 Å². The van der Waals surface area contributed by atoms with Crippen molar-refractivity contribution >= 4 is 28.5 Å². The van der Waals surface area contributed by atoms with Gasteiger partial charge in [-0.25, -0.2) is 9.18 Å². The van der Waals surface area contributed by atoms with Crippen LogP contribution in [0.5, 0.6) is 0 Å². The molecule has 6 nitrogen and oxygen atoms in total. The lowest BCUT2D eigenvalue weighted by Crippen LogP contribution is -2.21. The Kier molecular flexibility index (Phi) is 5.83. The normalized spacial score (nSPS) is 10.7. The van der Waals surface area contributed by atoms with Gasteiger partial charge in [-0.2, -0.15) is 0 Å². The molecule has 0 atom stereocenters. The number of furan rings is 1. The standard InChI is InChI=1S/C20H18FNO5/c1-2-25-11-16-15-5-3-4-6-17(15)27-19(16)20(24)26-12-18(23)22-14-9-7-13(21)8-10-14/h3-10H,2,11-12H2,1H3,(H,22,23). The summed E-state index contributed by atoms with van der Waals surface area (Å²) in [6.45, 7) is 2.02. The lowest BCUT2D eigenvalue weighted by Gasteiger charge is -2.07. The number of carbonyl (C=O) groups is 2. The molecule has 0 bridgehead atoms. The summed E-state index contributed by atoms with van der Waals surface area (Å²) in [6.07, 6.45) is 0. The molecule has 0 aliphatic carbocycles. The van der Waals surface area contributed by atoms with Gasteiger partial charge in [-0.1, -0.05) is 18.2 Å². The largest absolute Gasteiger partial charge is 0.450 e. The van der Waals surface area contributed by atoms with Crippen molar-refractivity contribution in [2.24, 2.45) is 0 Å². The molecule has 0 aliphatic heterocycles. The van der Waals surface area contributed by atoms with E-state index in [1.807, 2.05) is 19.1 Å². The molecule has 0 saturated heterocycles. The van der Waals surface area contributed by atoms with Gasteiger partial charge >= 0.3 is 5.97 Å². The van der Waals surface area contributed by atoms with Crippen molar-refractivity contribution < 1.29 is 27.9 Å². The molecule has 1 heterocycles. The highest BCUT2D eigenvalue weighted by atomic mass is 19.1. The van der Waals surface area contributed by atoms with E-state index in [0.29, 0.717) is 23.4 Å². The van der Waals surface area contributed by atoms with Crippen molar-refractivity contribution in [3.63, 3.8) is 0 Å². The monoisotopic (exact) mass is 371 g/mol. The Morgan fingerprint density at radius 1 is 1.11 bits per heavy atom. The fourth-order valence-corrected chi connectivity index (χ4v) is 2.54. The molecule has 0 spiro atoms. The first-order chi connectivity index (χ1) is 13.1. The summed E-state index contributed by atoms with van der Waals surface area (Å²) in [5, 5.41) is 3.27. The Morgan fingerprint density at radius 3 is 2.59 bits per heavy atom. The van der Waals surface area contributed by atoms with Crippen LogP contribution in [0.15, 0.2) is 52.9 Å². The summed E-state index contributed by atoms with van der Waals surface area (Å²) >= 11 is 0. The first-order valence-corrected chi connectivity index (χ1v) is 8.39. The van der Waals surface area contributed by atoms with Crippen LogP contribution in [-0.4, -0.2) is 25.1 Å². The molecule has 3 aromatic rings. The minimum Gasteiger partial charge on any atom is -0.450 e. The number of fused-ring (bicyclic) bond motifs is 1. The SMILES string of the molecule is CCOCc1c(C(=O)OCC(=O)Nc2ccc(F)cc2)oc2ccccc12. The number of amides is 1. The predicted octanol–water partition coefficient (Wildman–Crippen LogP) is 3.90. The molecule has 0 fully saturated rings. The third-order valence-corrected chi connectivity index (χ3v) is 3.80. The molecule has 0 radical (unpaired) electrons. The van der Waals surface area contributed by atoms with Crippen LogP contribution < -0.4 is 5.32 Å².